The quantitative estimate of drug-likeness (QED) is 0.417. The minimum absolute atomic E-state index is 0.362. The third kappa shape index (κ3) is 10.4. The van der Waals surface area contributed by atoms with E-state index in [0.29, 0.717) is 6.61 Å². The predicted molar refractivity (Wildman–Crippen MR) is 76.5 cm³/mol. The van der Waals surface area contributed by atoms with Crippen LogP contribution in [0.15, 0.2) is 12.3 Å². The summed E-state index contributed by atoms with van der Waals surface area (Å²) < 4.78 is 0. The number of hydrogen-bond donors (Lipinski definition) is 1. The number of aliphatic hydroxyl groups excluding tert-OH is 1. The highest BCUT2D eigenvalue weighted by molar-refractivity contribution is 6.82. The maximum Gasteiger partial charge on any atom is 0.0709 e. The molecule has 0 aliphatic rings. The molecule has 0 heterocycles. The Morgan fingerprint density at radius 3 is 1.75 bits per heavy atom. The van der Waals surface area contributed by atoms with Gasteiger partial charge in [-0.1, -0.05) is 64.1 Å². The van der Waals surface area contributed by atoms with Crippen LogP contribution in [-0.4, -0.2) is 19.8 Å². The first-order valence-corrected chi connectivity index (χ1v) is 10.2. The van der Waals surface area contributed by atoms with E-state index in [1.807, 2.05) is 0 Å². The molecular weight excluding hydrogens is 212 g/mol. The van der Waals surface area contributed by atoms with Gasteiger partial charge in [0.25, 0.3) is 0 Å². The van der Waals surface area contributed by atoms with Crippen molar-refractivity contribution in [2.45, 2.75) is 70.5 Å². The summed E-state index contributed by atoms with van der Waals surface area (Å²) in [5.41, 5.74) is 2.21. The Balaban J connectivity index is 3.13. The van der Waals surface area contributed by atoms with Crippen LogP contribution in [0.2, 0.25) is 19.1 Å². The van der Waals surface area contributed by atoms with E-state index in [0.717, 1.165) is 6.42 Å². The summed E-state index contributed by atoms with van der Waals surface area (Å²) in [5.74, 6) is 0. The lowest BCUT2D eigenvalue weighted by atomic mass is 10.1. The van der Waals surface area contributed by atoms with Gasteiger partial charge in [-0.3, -0.25) is 0 Å². The van der Waals surface area contributed by atoms with Crippen molar-refractivity contribution in [3.8, 4) is 0 Å². The van der Waals surface area contributed by atoms with Crippen LogP contribution >= 0.6 is 0 Å². The molecule has 0 aromatic carbocycles. The highest BCUT2D eigenvalue weighted by Gasteiger charge is 2.14. The van der Waals surface area contributed by atoms with Gasteiger partial charge < -0.3 is 5.11 Å². The Morgan fingerprint density at radius 1 is 0.875 bits per heavy atom. The van der Waals surface area contributed by atoms with Crippen molar-refractivity contribution >= 4 is 8.07 Å². The van der Waals surface area contributed by atoms with Gasteiger partial charge in [0, 0.05) is 6.61 Å². The maximum absolute atomic E-state index is 8.63. The Hall–Kier alpha value is -0.0831. The van der Waals surface area contributed by atoms with E-state index >= 15 is 0 Å². The van der Waals surface area contributed by atoms with Crippen LogP contribution in [0.3, 0.4) is 0 Å². The van der Waals surface area contributed by atoms with Gasteiger partial charge in [-0.15, -0.1) is 12.3 Å². The molecule has 0 atom stereocenters. The van der Waals surface area contributed by atoms with Gasteiger partial charge in [-0.2, -0.15) is 0 Å². The fourth-order valence-electron chi connectivity index (χ4n) is 1.86. The molecule has 0 saturated heterocycles. The summed E-state index contributed by atoms with van der Waals surface area (Å²) >= 11 is 0. The molecule has 0 saturated carbocycles. The average molecular weight is 242 g/mol. The van der Waals surface area contributed by atoms with Crippen molar-refractivity contribution in [1.82, 2.24) is 0 Å². The van der Waals surface area contributed by atoms with Crippen LogP contribution in [-0.2, 0) is 0 Å². The van der Waals surface area contributed by atoms with Gasteiger partial charge in [0.1, 0.15) is 0 Å². The van der Waals surface area contributed by atoms with Gasteiger partial charge in [0.05, 0.1) is 8.07 Å². The summed E-state index contributed by atoms with van der Waals surface area (Å²) in [5, 5.41) is 8.63. The number of rotatable bonds is 11. The summed E-state index contributed by atoms with van der Waals surface area (Å²) in [6, 6.07) is 1.40. The Labute approximate surface area is 103 Å². The van der Waals surface area contributed by atoms with Crippen molar-refractivity contribution in [3.05, 3.63) is 12.3 Å². The molecule has 0 aromatic rings. The van der Waals surface area contributed by atoms with Crippen molar-refractivity contribution < 1.29 is 5.11 Å². The highest BCUT2D eigenvalue weighted by Crippen LogP contribution is 2.16. The van der Waals surface area contributed by atoms with Gasteiger partial charge in [-0.25, -0.2) is 0 Å². The van der Waals surface area contributed by atoms with E-state index in [4.69, 9.17) is 5.11 Å². The van der Waals surface area contributed by atoms with Crippen LogP contribution in [0.5, 0.6) is 0 Å². The van der Waals surface area contributed by atoms with Crippen LogP contribution in [0.4, 0.5) is 0 Å². The molecule has 0 radical (unpaired) electrons. The maximum atomic E-state index is 8.63. The van der Waals surface area contributed by atoms with Gasteiger partial charge in [0.15, 0.2) is 0 Å². The Morgan fingerprint density at radius 2 is 1.31 bits per heavy atom. The minimum Gasteiger partial charge on any atom is -0.396 e. The summed E-state index contributed by atoms with van der Waals surface area (Å²) in [6.07, 6.45) is 10.4. The second-order valence-electron chi connectivity index (χ2n) is 5.49. The summed E-state index contributed by atoms with van der Waals surface area (Å²) in [7, 11) is -1.03. The first-order chi connectivity index (χ1) is 7.62. The van der Waals surface area contributed by atoms with Gasteiger partial charge in [0.2, 0.25) is 0 Å². The fourth-order valence-corrected chi connectivity index (χ4v) is 3.22. The normalized spacial score (nSPS) is 11.7. The van der Waals surface area contributed by atoms with E-state index in [1.165, 1.54) is 51.0 Å². The molecule has 96 valence electrons. The number of unbranched alkanes of at least 4 members (excludes halogenated alkanes) is 7. The van der Waals surface area contributed by atoms with Crippen LogP contribution < -0.4 is 0 Å². The first kappa shape index (κ1) is 15.9. The molecule has 0 aliphatic carbocycles. The zero-order valence-corrected chi connectivity index (χ0v) is 12.3. The molecule has 16 heavy (non-hydrogen) atoms. The zero-order chi connectivity index (χ0) is 12.3. The van der Waals surface area contributed by atoms with Crippen molar-refractivity contribution in [2.75, 3.05) is 6.61 Å². The Bertz CT molecular complexity index is 166. The topological polar surface area (TPSA) is 20.2 Å². The molecule has 2 heteroatoms. The van der Waals surface area contributed by atoms with Crippen molar-refractivity contribution in [2.24, 2.45) is 0 Å². The van der Waals surface area contributed by atoms with E-state index < -0.39 is 8.07 Å². The molecular formula is C14H30OSi. The molecule has 0 unspecified atom stereocenters. The average Bonchev–Trinajstić information content (AvgIpc) is 2.27. The zero-order valence-electron chi connectivity index (χ0n) is 11.3. The molecule has 1 N–H and O–H groups in total. The minimum atomic E-state index is -1.03. The third-order valence-corrected chi connectivity index (χ3v) is 6.03. The lowest BCUT2D eigenvalue weighted by Crippen LogP contribution is -2.21. The van der Waals surface area contributed by atoms with Gasteiger partial charge in [-0.05, 0) is 6.42 Å². The lowest BCUT2D eigenvalue weighted by molar-refractivity contribution is 0.282. The first-order valence-electron chi connectivity index (χ1n) is 6.87. The van der Waals surface area contributed by atoms with Crippen LogP contribution in [0.1, 0.15) is 51.4 Å². The molecule has 1 nitrogen and oxygen atoms in total. The van der Waals surface area contributed by atoms with Crippen LogP contribution in [0.25, 0.3) is 0 Å². The van der Waals surface area contributed by atoms with E-state index in [9.17, 15) is 0 Å². The van der Waals surface area contributed by atoms with Crippen molar-refractivity contribution in [1.29, 1.82) is 0 Å². The Kier molecular flexibility index (Phi) is 10.0. The molecule has 0 fully saturated rings. The monoisotopic (exact) mass is 242 g/mol. The van der Waals surface area contributed by atoms with Crippen molar-refractivity contribution in [3.63, 3.8) is 0 Å². The molecule has 0 spiro atoms. The summed E-state index contributed by atoms with van der Waals surface area (Å²) in [6.45, 7) is 9.09. The molecule has 0 aromatic heterocycles. The molecule has 0 bridgehead atoms. The van der Waals surface area contributed by atoms with E-state index in [-0.39, 0.29) is 0 Å². The second kappa shape index (κ2) is 10.1. The van der Waals surface area contributed by atoms with E-state index in [2.05, 4.69) is 25.4 Å². The predicted octanol–water partition coefficient (Wildman–Crippen LogP) is 4.53. The van der Waals surface area contributed by atoms with Crippen LogP contribution in [0, 0.1) is 0 Å². The molecule has 0 rings (SSSR count). The number of hydrogen-bond acceptors (Lipinski definition) is 1. The lowest BCUT2D eigenvalue weighted by Gasteiger charge is -2.16. The fraction of sp³-hybridized carbons (Fsp3) is 0.857. The third-order valence-electron chi connectivity index (χ3n) is 3.28. The molecule has 0 aliphatic heterocycles. The van der Waals surface area contributed by atoms with Gasteiger partial charge >= 0.3 is 0 Å². The SMILES string of the molecule is C=C[Si](C)(C)CCCCCCCCCCO. The smallest absolute Gasteiger partial charge is 0.0709 e. The summed E-state index contributed by atoms with van der Waals surface area (Å²) in [4.78, 5) is 0. The standard InChI is InChI=1S/C14H30OSi/c1-4-16(2,3)14-12-10-8-6-5-7-9-11-13-15/h4,15H,1,5-14H2,2-3H3. The second-order valence-corrected chi connectivity index (χ2v) is 10.4. The van der Waals surface area contributed by atoms with E-state index in [1.54, 1.807) is 0 Å². The largest absolute Gasteiger partial charge is 0.396 e. The molecule has 0 amide bonds. The highest BCUT2D eigenvalue weighted by atomic mass is 28.3. The number of aliphatic hydroxyl groups is 1.